The molecule has 0 saturated heterocycles. The van der Waals surface area contributed by atoms with Crippen LogP contribution in [0.1, 0.15) is 26.3 Å². The van der Waals surface area contributed by atoms with Gasteiger partial charge in [0.2, 0.25) is 0 Å². The van der Waals surface area contributed by atoms with E-state index in [0.717, 1.165) is 12.2 Å². The Morgan fingerprint density at radius 2 is 1.79 bits per heavy atom. The average Bonchev–Trinajstić information content (AvgIpc) is 2.19. The van der Waals surface area contributed by atoms with E-state index >= 15 is 0 Å². The molecule has 0 fully saturated rings. The van der Waals surface area contributed by atoms with Crippen molar-refractivity contribution in [3.63, 3.8) is 0 Å². The summed E-state index contributed by atoms with van der Waals surface area (Å²) in [7, 11) is 0. The van der Waals surface area contributed by atoms with Gasteiger partial charge in [0.15, 0.2) is 0 Å². The van der Waals surface area contributed by atoms with Crippen molar-refractivity contribution in [3.05, 3.63) is 29.8 Å². The number of hydrogen-bond acceptors (Lipinski definition) is 2. The largest absolute Gasteiger partial charge is 0.489 e. The number of benzene rings is 1. The first kappa shape index (κ1) is 11.1. The molecular formula is C12H19NO. The Bertz CT molecular complexity index is 266. The van der Waals surface area contributed by atoms with Crippen LogP contribution >= 0.6 is 0 Å². The fourth-order valence-electron chi connectivity index (χ4n) is 1.13. The lowest BCUT2D eigenvalue weighted by Crippen LogP contribution is -2.33. The Morgan fingerprint density at radius 3 is 2.21 bits per heavy atom. The second kappa shape index (κ2) is 5.01. The fourth-order valence-corrected chi connectivity index (χ4v) is 1.13. The monoisotopic (exact) mass is 193 g/mol. The number of ether oxygens (including phenoxy) is 1. The summed E-state index contributed by atoms with van der Waals surface area (Å²) in [6, 6.07) is 8.22. The normalized spacial score (nSPS) is 14.9. The van der Waals surface area contributed by atoms with Crippen molar-refractivity contribution in [1.29, 1.82) is 0 Å². The van der Waals surface area contributed by atoms with E-state index < -0.39 is 0 Å². The molecule has 0 saturated carbocycles. The van der Waals surface area contributed by atoms with Gasteiger partial charge in [0.1, 0.15) is 11.9 Å². The number of hydrogen-bond donors (Lipinski definition) is 1. The van der Waals surface area contributed by atoms with Gasteiger partial charge in [0.05, 0.1) is 0 Å². The highest BCUT2D eigenvalue weighted by atomic mass is 16.5. The molecule has 1 aromatic rings. The summed E-state index contributed by atoms with van der Waals surface area (Å²) in [6.45, 7) is 6.07. The Balaban J connectivity index is 2.59. The van der Waals surface area contributed by atoms with Gasteiger partial charge in [0, 0.05) is 6.04 Å². The van der Waals surface area contributed by atoms with E-state index in [9.17, 15) is 0 Å². The molecule has 0 amide bonds. The number of rotatable bonds is 4. The molecule has 0 heterocycles. The van der Waals surface area contributed by atoms with Crippen molar-refractivity contribution < 1.29 is 4.74 Å². The predicted octanol–water partition coefficient (Wildman–Crippen LogP) is 2.36. The van der Waals surface area contributed by atoms with Crippen LogP contribution in [0.25, 0.3) is 0 Å². The molecule has 2 heteroatoms. The van der Waals surface area contributed by atoms with Gasteiger partial charge in [-0.2, -0.15) is 0 Å². The minimum atomic E-state index is 0.0563. The van der Waals surface area contributed by atoms with E-state index in [1.54, 1.807) is 0 Å². The van der Waals surface area contributed by atoms with Gasteiger partial charge in [-0.25, -0.2) is 0 Å². The van der Waals surface area contributed by atoms with Crippen molar-refractivity contribution in [2.75, 3.05) is 0 Å². The van der Waals surface area contributed by atoms with Gasteiger partial charge in [0.25, 0.3) is 0 Å². The average molecular weight is 193 g/mol. The lowest BCUT2D eigenvalue weighted by atomic mass is 10.1. The quantitative estimate of drug-likeness (QED) is 0.796. The van der Waals surface area contributed by atoms with Gasteiger partial charge in [-0.05, 0) is 38.0 Å². The maximum absolute atomic E-state index is 5.71. The SMILES string of the molecule is CCc1ccc(OC(C)[C@@H](C)N)cc1. The van der Waals surface area contributed by atoms with Crippen molar-refractivity contribution in [1.82, 2.24) is 0 Å². The minimum absolute atomic E-state index is 0.0563. The standard InChI is InChI=1S/C12H19NO/c1-4-11-5-7-12(8-6-11)14-10(3)9(2)13/h5-10H,4,13H2,1-3H3/t9-,10?/m1/s1. The third-order valence-corrected chi connectivity index (χ3v) is 2.39. The predicted molar refractivity (Wildman–Crippen MR) is 59.6 cm³/mol. The molecular weight excluding hydrogens is 174 g/mol. The van der Waals surface area contributed by atoms with Crippen molar-refractivity contribution >= 4 is 0 Å². The van der Waals surface area contributed by atoms with Gasteiger partial charge < -0.3 is 10.5 Å². The van der Waals surface area contributed by atoms with Crippen LogP contribution in [-0.2, 0) is 6.42 Å². The Hall–Kier alpha value is -1.02. The van der Waals surface area contributed by atoms with Crippen LogP contribution in [0.3, 0.4) is 0 Å². The van der Waals surface area contributed by atoms with Crippen LogP contribution in [-0.4, -0.2) is 12.1 Å². The molecule has 0 spiro atoms. The fraction of sp³-hybridized carbons (Fsp3) is 0.500. The first-order chi connectivity index (χ1) is 6.63. The Kier molecular flexibility index (Phi) is 3.96. The number of nitrogens with two attached hydrogens (primary N) is 1. The summed E-state index contributed by atoms with van der Waals surface area (Å²) in [6.07, 6.45) is 1.12. The van der Waals surface area contributed by atoms with Crippen LogP contribution in [0.15, 0.2) is 24.3 Å². The summed E-state index contributed by atoms with van der Waals surface area (Å²) in [5, 5.41) is 0. The molecule has 14 heavy (non-hydrogen) atoms. The third-order valence-electron chi connectivity index (χ3n) is 2.39. The highest BCUT2D eigenvalue weighted by molar-refractivity contribution is 5.27. The topological polar surface area (TPSA) is 35.2 Å². The molecule has 78 valence electrons. The van der Waals surface area contributed by atoms with Crippen LogP contribution < -0.4 is 10.5 Å². The molecule has 1 unspecified atom stereocenters. The minimum Gasteiger partial charge on any atom is -0.489 e. The summed E-state index contributed by atoms with van der Waals surface area (Å²) >= 11 is 0. The van der Waals surface area contributed by atoms with E-state index in [1.807, 2.05) is 26.0 Å². The molecule has 0 aliphatic rings. The van der Waals surface area contributed by atoms with Gasteiger partial charge >= 0.3 is 0 Å². The zero-order valence-corrected chi connectivity index (χ0v) is 9.16. The molecule has 2 atom stereocenters. The lowest BCUT2D eigenvalue weighted by Gasteiger charge is -2.17. The second-order valence-electron chi connectivity index (χ2n) is 3.68. The molecule has 0 aromatic heterocycles. The Morgan fingerprint density at radius 1 is 1.21 bits per heavy atom. The van der Waals surface area contributed by atoms with E-state index in [-0.39, 0.29) is 12.1 Å². The molecule has 2 N–H and O–H groups in total. The summed E-state index contributed by atoms with van der Waals surface area (Å²) in [5.41, 5.74) is 7.04. The lowest BCUT2D eigenvalue weighted by molar-refractivity contribution is 0.196. The van der Waals surface area contributed by atoms with Crippen molar-refractivity contribution in [2.24, 2.45) is 5.73 Å². The maximum Gasteiger partial charge on any atom is 0.119 e. The molecule has 0 aliphatic carbocycles. The zero-order chi connectivity index (χ0) is 10.6. The van der Waals surface area contributed by atoms with Crippen LogP contribution in [0, 0.1) is 0 Å². The van der Waals surface area contributed by atoms with Crippen molar-refractivity contribution in [3.8, 4) is 5.75 Å². The second-order valence-corrected chi connectivity index (χ2v) is 3.68. The first-order valence-electron chi connectivity index (χ1n) is 5.14. The molecule has 0 aliphatic heterocycles. The van der Waals surface area contributed by atoms with Gasteiger partial charge in [-0.1, -0.05) is 19.1 Å². The van der Waals surface area contributed by atoms with Crippen LogP contribution in [0.2, 0.25) is 0 Å². The summed E-state index contributed by atoms with van der Waals surface area (Å²) in [5.74, 6) is 0.895. The maximum atomic E-state index is 5.71. The highest BCUT2D eigenvalue weighted by Crippen LogP contribution is 2.14. The smallest absolute Gasteiger partial charge is 0.119 e. The van der Waals surface area contributed by atoms with Crippen LogP contribution in [0.4, 0.5) is 0 Å². The van der Waals surface area contributed by atoms with Crippen molar-refractivity contribution in [2.45, 2.75) is 39.3 Å². The third kappa shape index (κ3) is 3.04. The van der Waals surface area contributed by atoms with Crippen LogP contribution in [0.5, 0.6) is 5.75 Å². The molecule has 0 radical (unpaired) electrons. The number of aryl methyl sites for hydroxylation is 1. The first-order valence-corrected chi connectivity index (χ1v) is 5.14. The summed E-state index contributed by atoms with van der Waals surface area (Å²) < 4.78 is 5.65. The zero-order valence-electron chi connectivity index (χ0n) is 9.16. The van der Waals surface area contributed by atoms with Gasteiger partial charge in [-0.3, -0.25) is 0 Å². The van der Waals surface area contributed by atoms with E-state index in [1.165, 1.54) is 5.56 Å². The van der Waals surface area contributed by atoms with Gasteiger partial charge in [-0.15, -0.1) is 0 Å². The highest BCUT2D eigenvalue weighted by Gasteiger charge is 2.08. The molecule has 2 nitrogen and oxygen atoms in total. The van der Waals surface area contributed by atoms with E-state index in [4.69, 9.17) is 10.5 Å². The molecule has 1 rings (SSSR count). The van der Waals surface area contributed by atoms with E-state index in [0.29, 0.717) is 0 Å². The van der Waals surface area contributed by atoms with E-state index in [2.05, 4.69) is 19.1 Å². The Labute approximate surface area is 86.1 Å². The molecule has 0 bridgehead atoms. The molecule has 1 aromatic carbocycles. The summed E-state index contributed by atoms with van der Waals surface area (Å²) in [4.78, 5) is 0.